The number of aromatic nitrogens is 2. The zero-order valence-electron chi connectivity index (χ0n) is 13.6. The SMILES string of the molecule is COc1ccc2nc(COc3ccc(CC(O)C(=O)O)cc3)[nH]c2c1. The summed E-state index contributed by atoms with van der Waals surface area (Å²) in [6.45, 7) is 0.272. The van der Waals surface area contributed by atoms with E-state index in [9.17, 15) is 9.90 Å². The number of nitrogens with one attached hydrogen (secondary N) is 1. The quantitative estimate of drug-likeness (QED) is 0.608. The Morgan fingerprint density at radius 3 is 2.60 bits per heavy atom. The van der Waals surface area contributed by atoms with Gasteiger partial charge in [0.1, 0.15) is 23.9 Å². The van der Waals surface area contributed by atoms with Gasteiger partial charge in [0.05, 0.1) is 18.1 Å². The molecule has 3 aromatic rings. The second-order valence-corrected chi connectivity index (χ2v) is 5.56. The summed E-state index contributed by atoms with van der Waals surface area (Å²) in [4.78, 5) is 18.3. The molecule has 0 aliphatic rings. The van der Waals surface area contributed by atoms with Crippen LogP contribution in [0, 0.1) is 0 Å². The molecule has 0 radical (unpaired) electrons. The summed E-state index contributed by atoms with van der Waals surface area (Å²) in [7, 11) is 1.61. The Bertz CT molecular complexity index is 873. The van der Waals surface area contributed by atoms with Crippen LogP contribution < -0.4 is 9.47 Å². The molecule has 3 N–H and O–H groups in total. The number of H-pyrrole nitrogens is 1. The highest BCUT2D eigenvalue weighted by Gasteiger charge is 2.13. The number of carboxylic acid groups (broad SMARTS) is 1. The Balaban J connectivity index is 1.62. The molecular formula is C18H18N2O5. The van der Waals surface area contributed by atoms with E-state index in [0.29, 0.717) is 11.6 Å². The summed E-state index contributed by atoms with van der Waals surface area (Å²) in [5, 5.41) is 18.1. The van der Waals surface area contributed by atoms with Gasteiger partial charge in [-0.05, 0) is 29.8 Å². The number of carbonyl (C=O) groups is 1. The number of methoxy groups -OCH3 is 1. The van der Waals surface area contributed by atoms with Crippen molar-refractivity contribution in [3.05, 3.63) is 53.9 Å². The van der Waals surface area contributed by atoms with Crippen LogP contribution >= 0.6 is 0 Å². The van der Waals surface area contributed by atoms with Crippen LogP contribution in [0.1, 0.15) is 11.4 Å². The van der Waals surface area contributed by atoms with E-state index in [0.717, 1.165) is 22.3 Å². The largest absolute Gasteiger partial charge is 0.497 e. The molecule has 0 saturated carbocycles. The molecule has 1 aromatic heterocycles. The first-order valence-corrected chi connectivity index (χ1v) is 7.70. The molecule has 3 rings (SSSR count). The third-order valence-electron chi connectivity index (χ3n) is 3.75. The zero-order chi connectivity index (χ0) is 17.8. The lowest BCUT2D eigenvalue weighted by Crippen LogP contribution is -2.21. The number of hydrogen-bond donors (Lipinski definition) is 3. The van der Waals surface area contributed by atoms with Crippen molar-refractivity contribution in [1.82, 2.24) is 9.97 Å². The van der Waals surface area contributed by atoms with Gasteiger partial charge in [-0.15, -0.1) is 0 Å². The number of nitrogens with zero attached hydrogens (tertiary/aromatic N) is 1. The van der Waals surface area contributed by atoms with Crippen LogP contribution in [0.3, 0.4) is 0 Å². The number of rotatable bonds is 7. The van der Waals surface area contributed by atoms with E-state index in [1.807, 2.05) is 18.2 Å². The maximum absolute atomic E-state index is 10.7. The summed E-state index contributed by atoms with van der Waals surface area (Å²) in [6.07, 6.45) is -1.35. The number of hydrogen-bond acceptors (Lipinski definition) is 5. The van der Waals surface area contributed by atoms with E-state index in [1.54, 1.807) is 31.4 Å². The summed E-state index contributed by atoms with van der Waals surface area (Å²) >= 11 is 0. The Labute approximate surface area is 143 Å². The van der Waals surface area contributed by atoms with Gasteiger partial charge >= 0.3 is 5.97 Å². The van der Waals surface area contributed by atoms with Gasteiger partial charge in [-0.3, -0.25) is 0 Å². The molecule has 0 aliphatic heterocycles. The molecule has 7 heteroatoms. The second-order valence-electron chi connectivity index (χ2n) is 5.56. The second kappa shape index (κ2) is 7.23. The highest BCUT2D eigenvalue weighted by atomic mass is 16.5. The number of benzene rings is 2. The predicted octanol–water partition coefficient (Wildman–Crippen LogP) is 2.14. The van der Waals surface area contributed by atoms with Gasteiger partial charge in [-0.1, -0.05) is 12.1 Å². The van der Waals surface area contributed by atoms with Crippen LogP contribution in [0.2, 0.25) is 0 Å². The standard InChI is InChI=1S/C18H18N2O5/c1-24-13-6-7-14-15(9-13)20-17(19-14)10-25-12-4-2-11(3-5-12)8-16(21)18(22)23/h2-7,9,16,21H,8,10H2,1H3,(H,19,20)(H,22,23). The lowest BCUT2D eigenvalue weighted by atomic mass is 10.1. The zero-order valence-corrected chi connectivity index (χ0v) is 13.6. The highest BCUT2D eigenvalue weighted by molar-refractivity contribution is 5.76. The first-order chi connectivity index (χ1) is 12.0. The number of aliphatic hydroxyl groups excluding tert-OH is 1. The fraction of sp³-hybridized carbons (Fsp3) is 0.222. The summed E-state index contributed by atoms with van der Waals surface area (Å²) < 4.78 is 10.9. The highest BCUT2D eigenvalue weighted by Crippen LogP contribution is 2.20. The third kappa shape index (κ3) is 4.07. The van der Waals surface area contributed by atoms with Crippen LogP contribution in [-0.4, -0.2) is 39.4 Å². The van der Waals surface area contributed by atoms with E-state index >= 15 is 0 Å². The molecule has 1 atom stereocenters. The average molecular weight is 342 g/mol. The van der Waals surface area contributed by atoms with E-state index < -0.39 is 12.1 Å². The summed E-state index contributed by atoms with van der Waals surface area (Å²) in [6, 6.07) is 12.5. The number of fused-ring (bicyclic) bond motifs is 1. The van der Waals surface area contributed by atoms with Crippen LogP contribution in [-0.2, 0) is 17.8 Å². The van der Waals surface area contributed by atoms with Gasteiger partial charge in [0.15, 0.2) is 6.10 Å². The van der Waals surface area contributed by atoms with Crippen molar-refractivity contribution < 1.29 is 24.5 Å². The topological polar surface area (TPSA) is 105 Å². The molecule has 0 bridgehead atoms. The molecule has 2 aromatic carbocycles. The first kappa shape index (κ1) is 16.8. The van der Waals surface area contributed by atoms with Crippen LogP contribution in [0.5, 0.6) is 11.5 Å². The van der Waals surface area contributed by atoms with Gasteiger partial charge in [-0.25, -0.2) is 9.78 Å². The van der Waals surface area contributed by atoms with Crippen LogP contribution in [0.15, 0.2) is 42.5 Å². The molecule has 0 aliphatic carbocycles. The normalized spacial score (nSPS) is 12.1. The molecule has 1 heterocycles. The molecule has 25 heavy (non-hydrogen) atoms. The number of imidazole rings is 1. The van der Waals surface area contributed by atoms with Crippen LogP contribution in [0.25, 0.3) is 11.0 Å². The molecule has 0 saturated heterocycles. The molecule has 7 nitrogen and oxygen atoms in total. The van der Waals surface area contributed by atoms with E-state index in [1.165, 1.54) is 0 Å². The number of carboxylic acids is 1. The van der Waals surface area contributed by atoms with Gasteiger partial charge in [0, 0.05) is 12.5 Å². The minimum atomic E-state index is -1.40. The maximum Gasteiger partial charge on any atom is 0.332 e. The lowest BCUT2D eigenvalue weighted by molar-refractivity contribution is -0.146. The van der Waals surface area contributed by atoms with Crippen molar-refractivity contribution in [3.8, 4) is 11.5 Å². The van der Waals surface area contributed by atoms with Gasteiger partial charge in [0.2, 0.25) is 0 Å². The molecule has 1 unspecified atom stereocenters. The number of aromatic amines is 1. The predicted molar refractivity (Wildman–Crippen MR) is 90.8 cm³/mol. The molecular weight excluding hydrogens is 324 g/mol. The summed E-state index contributed by atoms with van der Waals surface area (Å²) in [5.41, 5.74) is 2.42. The minimum absolute atomic E-state index is 0.0566. The average Bonchev–Trinajstić information content (AvgIpc) is 3.02. The maximum atomic E-state index is 10.7. The van der Waals surface area contributed by atoms with E-state index in [4.69, 9.17) is 14.6 Å². The Kier molecular flexibility index (Phi) is 4.85. The fourth-order valence-electron chi connectivity index (χ4n) is 2.42. The fourth-order valence-corrected chi connectivity index (χ4v) is 2.42. The van der Waals surface area contributed by atoms with E-state index in [2.05, 4.69) is 9.97 Å². The van der Waals surface area contributed by atoms with Crippen molar-refractivity contribution in [2.75, 3.05) is 7.11 Å². The van der Waals surface area contributed by atoms with Gasteiger partial charge in [-0.2, -0.15) is 0 Å². The Hall–Kier alpha value is -3.06. The smallest absolute Gasteiger partial charge is 0.332 e. The number of aliphatic hydroxyl groups is 1. The third-order valence-corrected chi connectivity index (χ3v) is 3.75. The molecule has 0 amide bonds. The Morgan fingerprint density at radius 1 is 1.20 bits per heavy atom. The van der Waals surface area contributed by atoms with Gasteiger partial charge < -0.3 is 24.7 Å². The monoisotopic (exact) mass is 342 g/mol. The van der Waals surface area contributed by atoms with Crippen molar-refractivity contribution in [2.45, 2.75) is 19.1 Å². The molecule has 0 fully saturated rings. The lowest BCUT2D eigenvalue weighted by Gasteiger charge is -2.07. The number of ether oxygens (including phenoxy) is 2. The molecule has 0 spiro atoms. The van der Waals surface area contributed by atoms with Crippen molar-refractivity contribution >= 4 is 17.0 Å². The van der Waals surface area contributed by atoms with Crippen molar-refractivity contribution in [1.29, 1.82) is 0 Å². The van der Waals surface area contributed by atoms with Crippen molar-refractivity contribution in [2.24, 2.45) is 0 Å². The minimum Gasteiger partial charge on any atom is -0.497 e. The first-order valence-electron chi connectivity index (χ1n) is 7.70. The molecule has 130 valence electrons. The van der Waals surface area contributed by atoms with Gasteiger partial charge in [0.25, 0.3) is 0 Å². The van der Waals surface area contributed by atoms with Crippen LogP contribution in [0.4, 0.5) is 0 Å². The van der Waals surface area contributed by atoms with E-state index in [-0.39, 0.29) is 13.0 Å². The Morgan fingerprint density at radius 2 is 1.92 bits per heavy atom. The summed E-state index contributed by atoms with van der Waals surface area (Å²) in [5.74, 6) is 0.838. The number of aliphatic carboxylic acids is 1. The van der Waals surface area contributed by atoms with Crippen molar-refractivity contribution in [3.63, 3.8) is 0 Å².